The van der Waals surface area contributed by atoms with E-state index in [0.717, 1.165) is 44.9 Å². The van der Waals surface area contributed by atoms with Gasteiger partial charge in [0.15, 0.2) is 0 Å². The van der Waals surface area contributed by atoms with Gasteiger partial charge in [-0.25, -0.2) is 4.98 Å². The minimum absolute atomic E-state index is 0.758. The molecule has 1 N–H and O–H groups in total. The number of thiophene rings is 1. The minimum Gasteiger partial charge on any atom is -0.369 e. The zero-order chi connectivity index (χ0) is 21.0. The number of fused-ring (bicyclic) bond motifs is 1. The van der Waals surface area contributed by atoms with Crippen LogP contribution in [0.25, 0.3) is 16.2 Å². The normalized spacial score (nSPS) is 14.4. The standard InChI is InChI=1S/C27H27N3S/c1-20-16-17-30-25(18-20)29-26(27(30)28-19-22-10-6-3-7-11-22)24-15-14-23(31-24)13-12-21-8-4-2-5-9-21/h2,4-5,8-9,14-18,22,28H,3,6-7,10-11,19H2,1H3. The molecule has 0 atom stereocenters. The molecule has 3 aromatic heterocycles. The van der Waals surface area contributed by atoms with Crippen LogP contribution in [0.1, 0.15) is 48.1 Å². The van der Waals surface area contributed by atoms with E-state index >= 15 is 0 Å². The van der Waals surface area contributed by atoms with Gasteiger partial charge in [0.25, 0.3) is 0 Å². The number of aromatic nitrogens is 2. The lowest BCUT2D eigenvalue weighted by atomic mass is 9.89. The smallest absolute Gasteiger partial charge is 0.139 e. The first-order valence-electron chi connectivity index (χ1n) is 11.2. The topological polar surface area (TPSA) is 29.3 Å². The monoisotopic (exact) mass is 425 g/mol. The van der Waals surface area contributed by atoms with E-state index in [2.05, 4.69) is 58.9 Å². The Morgan fingerprint density at radius 2 is 1.87 bits per heavy atom. The average Bonchev–Trinajstić information content (AvgIpc) is 3.42. The van der Waals surface area contributed by atoms with Gasteiger partial charge in [0.1, 0.15) is 17.2 Å². The van der Waals surface area contributed by atoms with Gasteiger partial charge in [-0.15, -0.1) is 11.3 Å². The van der Waals surface area contributed by atoms with Crippen molar-refractivity contribution in [3.63, 3.8) is 0 Å². The molecule has 0 bridgehead atoms. The zero-order valence-corrected chi connectivity index (χ0v) is 18.7. The number of aryl methyl sites for hydroxylation is 1. The van der Waals surface area contributed by atoms with E-state index in [1.807, 2.05) is 30.3 Å². The van der Waals surface area contributed by atoms with E-state index in [1.165, 1.54) is 37.7 Å². The molecular formula is C27H27N3S. The van der Waals surface area contributed by atoms with Crippen LogP contribution in [-0.2, 0) is 0 Å². The van der Waals surface area contributed by atoms with Crippen LogP contribution in [0.15, 0.2) is 60.8 Å². The van der Waals surface area contributed by atoms with Crippen LogP contribution >= 0.6 is 11.3 Å². The molecule has 0 aliphatic heterocycles. The molecule has 5 rings (SSSR count). The molecule has 156 valence electrons. The van der Waals surface area contributed by atoms with Crippen LogP contribution < -0.4 is 5.32 Å². The summed E-state index contributed by atoms with van der Waals surface area (Å²) in [7, 11) is 0. The summed E-state index contributed by atoms with van der Waals surface area (Å²) in [6.45, 7) is 3.13. The summed E-state index contributed by atoms with van der Waals surface area (Å²) in [5, 5.41) is 3.76. The van der Waals surface area contributed by atoms with Gasteiger partial charge < -0.3 is 5.32 Å². The second-order valence-corrected chi connectivity index (χ2v) is 9.49. The summed E-state index contributed by atoms with van der Waals surface area (Å²) >= 11 is 1.71. The number of nitrogens with zero attached hydrogens (tertiary/aromatic N) is 2. The van der Waals surface area contributed by atoms with E-state index in [4.69, 9.17) is 4.98 Å². The number of benzene rings is 1. The van der Waals surface area contributed by atoms with Crippen molar-refractivity contribution in [2.75, 3.05) is 11.9 Å². The van der Waals surface area contributed by atoms with Gasteiger partial charge in [-0.05, 0) is 67.6 Å². The number of hydrogen-bond acceptors (Lipinski definition) is 3. The van der Waals surface area contributed by atoms with E-state index in [1.54, 1.807) is 11.3 Å². The molecule has 0 saturated heterocycles. The number of imidazole rings is 1. The summed E-state index contributed by atoms with van der Waals surface area (Å²) < 4.78 is 2.19. The summed E-state index contributed by atoms with van der Waals surface area (Å²) in [6, 6.07) is 18.7. The molecule has 1 saturated carbocycles. The van der Waals surface area contributed by atoms with E-state index < -0.39 is 0 Å². The van der Waals surface area contributed by atoms with Gasteiger partial charge in [0.2, 0.25) is 0 Å². The Morgan fingerprint density at radius 3 is 2.71 bits per heavy atom. The average molecular weight is 426 g/mol. The third kappa shape index (κ3) is 4.52. The van der Waals surface area contributed by atoms with Gasteiger partial charge in [-0.3, -0.25) is 4.40 Å². The highest BCUT2D eigenvalue weighted by Gasteiger charge is 2.18. The van der Waals surface area contributed by atoms with Crippen molar-refractivity contribution in [3.05, 3.63) is 76.8 Å². The highest BCUT2D eigenvalue weighted by atomic mass is 32.1. The second kappa shape index (κ2) is 8.99. The molecule has 1 aliphatic carbocycles. The van der Waals surface area contributed by atoms with Crippen molar-refractivity contribution < 1.29 is 0 Å². The Balaban J connectivity index is 1.46. The van der Waals surface area contributed by atoms with Crippen LogP contribution in [0.5, 0.6) is 0 Å². The molecule has 4 heteroatoms. The molecule has 1 aromatic carbocycles. The Kier molecular flexibility index (Phi) is 5.78. The number of nitrogens with one attached hydrogen (secondary N) is 1. The number of rotatable bonds is 4. The minimum atomic E-state index is 0.758. The Hall–Kier alpha value is -3.03. The highest BCUT2D eigenvalue weighted by Crippen LogP contribution is 2.34. The van der Waals surface area contributed by atoms with Crippen molar-refractivity contribution in [3.8, 4) is 22.4 Å². The van der Waals surface area contributed by atoms with Gasteiger partial charge >= 0.3 is 0 Å². The molecule has 1 fully saturated rings. The fourth-order valence-electron chi connectivity index (χ4n) is 4.31. The SMILES string of the molecule is Cc1ccn2c(NCC3CCCCC3)c(-c3ccc(C#Cc4ccccc4)s3)nc2c1. The van der Waals surface area contributed by atoms with Gasteiger partial charge in [-0.2, -0.15) is 0 Å². The Bertz CT molecular complexity index is 1230. The molecular weight excluding hydrogens is 398 g/mol. The summed E-state index contributed by atoms with van der Waals surface area (Å²) in [5.41, 5.74) is 4.28. The maximum absolute atomic E-state index is 5.00. The molecule has 3 heterocycles. The third-order valence-electron chi connectivity index (χ3n) is 6.01. The lowest BCUT2D eigenvalue weighted by Crippen LogP contribution is -2.18. The summed E-state index contributed by atoms with van der Waals surface area (Å²) in [6.07, 6.45) is 8.90. The Morgan fingerprint density at radius 1 is 1.03 bits per heavy atom. The molecule has 0 amide bonds. The van der Waals surface area contributed by atoms with Gasteiger partial charge in [0.05, 0.1) is 9.75 Å². The lowest BCUT2D eigenvalue weighted by molar-refractivity contribution is 0.373. The molecule has 3 nitrogen and oxygen atoms in total. The maximum Gasteiger partial charge on any atom is 0.139 e. The fraction of sp³-hybridized carbons (Fsp3) is 0.296. The van der Waals surface area contributed by atoms with E-state index in [9.17, 15) is 0 Å². The maximum atomic E-state index is 5.00. The first kappa shape index (κ1) is 19.9. The second-order valence-electron chi connectivity index (χ2n) is 8.41. The van der Waals surface area contributed by atoms with Crippen LogP contribution in [0.3, 0.4) is 0 Å². The van der Waals surface area contributed by atoms with Crippen molar-refractivity contribution in [2.24, 2.45) is 5.92 Å². The molecule has 0 spiro atoms. The quantitative estimate of drug-likeness (QED) is 0.366. The van der Waals surface area contributed by atoms with Crippen molar-refractivity contribution in [2.45, 2.75) is 39.0 Å². The zero-order valence-electron chi connectivity index (χ0n) is 17.9. The third-order valence-corrected chi connectivity index (χ3v) is 7.02. The van der Waals surface area contributed by atoms with Crippen LogP contribution in [0, 0.1) is 24.7 Å². The molecule has 4 aromatic rings. The fourth-order valence-corrected chi connectivity index (χ4v) is 5.16. The highest BCUT2D eigenvalue weighted by molar-refractivity contribution is 7.16. The number of pyridine rings is 1. The molecule has 0 unspecified atom stereocenters. The van der Waals surface area contributed by atoms with Crippen molar-refractivity contribution in [1.82, 2.24) is 9.38 Å². The van der Waals surface area contributed by atoms with Crippen LogP contribution in [-0.4, -0.2) is 15.9 Å². The van der Waals surface area contributed by atoms with Crippen LogP contribution in [0.4, 0.5) is 5.82 Å². The van der Waals surface area contributed by atoms with Crippen molar-refractivity contribution in [1.29, 1.82) is 0 Å². The van der Waals surface area contributed by atoms with E-state index in [-0.39, 0.29) is 0 Å². The molecule has 0 radical (unpaired) electrons. The first-order valence-corrected chi connectivity index (χ1v) is 12.0. The van der Waals surface area contributed by atoms with Gasteiger partial charge in [0, 0.05) is 18.3 Å². The number of hydrogen-bond donors (Lipinski definition) is 1. The van der Waals surface area contributed by atoms with E-state index in [0.29, 0.717) is 0 Å². The molecule has 1 aliphatic rings. The summed E-state index contributed by atoms with van der Waals surface area (Å²) in [5.74, 6) is 8.43. The van der Waals surface area contributed by atoms with Gasteiger partial charge in [-0.1, -0.05) is 49.3 Å². The lowest BCUT2D eigenvalue weighted by Gasteiger charge is -2.22. The first-order chi connectivity index (χ1) is 15.3. The predicted octanol–water partition coefficient (Wildman–Crippen LogP) is 6.76. The predicted molar refractivity (Wildman–Crippen MR) is 131 cm³/mol. The summed E-state index contributed by atoms with van der Waals surface area (Å²) in [4.78, 5) is 7.22. The molecule has 31 heavy (non-hydrogen) atoms. The number of anilines is 1. The van der Waals surface area contributed by atoms with Crippen molar-refractivity contribution >= 4 is 22.8 Å². The Labute approximate surface area is 188 Å². The van der Waals surface area contributed by atoms with Crippen LogP contribution in [0.2, 0.25) is 0 Å². The largest absolute Gasteiger partial charge is 0.369 e.